The molecule has 5 nitrogen and oxygen atoms in total. The van der Waals surface area contributed by atoms with Crippen LogP contribution < -0.4 is 16.0 Å². The lowest BCUT2D eigenvalue weighted by Crippen LogP contribution is -2.10. The largest absolute Gasteiger partial charge is 0.477 e. The zero-order valence-corrected chi connectivity index (χ0v) is 9.83. The van der Waals surface area contributed by atoms with E-state index in [0.717, 1.165) is 12.3 Å². The molecule has 0 spiro atoms. The molecular formula is C9H13BrN4O. The van der Waals surface area contributed by atoms with Crippen LogP contribution in [0.1, 0.15) is 19.3 Å². The lowest BCUT2D eigenvalue weighted by atomic mass is 10.3. The number of nitrogen functional groups attached to an aromatic ring is 1. The number of anilines is 1. The van der Waals surface area contributed by atoms with Crippen molar-refractivity contribution in [3.63, 3.8) is 0 Å². The first kappa shape index (κ1) is 10.6. The van der Waals surface area contributed by atoms with Gasteiger partial charge in [0.2, 0.25) is 5.88 Å². The van der Waals surface area contributed by atoms with Crippen LogP contribution in [0.2, 0.25) is 0 Å². The lowest BCUT2D eigenvalue weighted by molar-refractivity contribution is 0.289. The molecule has 0 atom stereocenters. The molecule has 1 heterocycles. The molecule has 1 aromatic rings. The SMILES string of the molecule is NNc1ncnc(OCCC2CC2)c1Br. The molecule has 15 heavy (non-hydrogen) atoms. The Kier molecular flexibility index (Phi) is 3.37. The van der Waals surface area contributed by atoms with E-state index in [-0.39, 0.29) is 0 Å². The molecule has 1 saturated carbocycles. The number of nitrogens with one attached hydrogen (secondary N) is 1. The number of hydrogen-bond acceptors (Lipinski definition) is 5. The highest BCUT2D eigenvalue weighted by atomic mass is 79.9. The molecule has 82 valence electrons. The van der Waals surface area contributed by atoms with Crippen molar-refractivity contribution in [2.45, 2.75) is 19.3 Å². The van der Waals surface area contributed by atoms with Crippen molar-refractivity contribution < 1.29 is 4.74 Å². The summed E-state index contributed by atoms with van der Waals surface area (Å²) in [5, 5.41) is 0. The zero-order valence-electron chi connectivity index (χ0n) is 8.24. The van der Waals surface area contributed by atoms with Gasteiger partial charge in [-0.3, -0.25) is 0 Å². The Balaban J connectivity index is 1.93. The fourth-order valence-corrected chi connectivity index (χ4v) is 1.72. The topological polar surface area (TPSA) is 73.1 Å². The Morgan fingerprint density at radius 2 is 2.33 bits per heavy atom. The summed E-state index contributed by atoms with van der Waals surface area (Å²) in [4.78, 5) is 7.97. The van der Waals surface area contributed by atoms with Gasteiger partial charge in [-0.15, -0.1) is 0 Å². The summed E-state index contributed by atoms with van der Waals surface area (Å²) in [5.74, 6) is 7.21. The Bertz CT molecular complexity index is 343. The quantitative estimate of drug-likeness (QED) is 0.631. The maximum Gasteiger partial charge on any atom is 0.233 e. The fourth-order valence-electron chi connectivity index (χ4n) is 1.28. The Morgan fingerprint density at radius 3 is 3.00 bits per heavy atom. The van der Waals surface area contributed by atoms with E-state index in [1.54, 1.807) is 0 Å². The normalized spacial score (nSPS) is 15.1. The Hall–Kier alpha value is -0.880. The predicted octanol–water partition coefficient (Wildman–Crippen LogP) is 1.70. The van der Waals surface area contributed by atoms with Crippen LogP contribution in [-0.2, 0) is 0 Å². The molecule has 3 N–H and O–H groups in total. The second-order valence-electron chi connectivity index (χ2n) is 3.57. The summed E-state index contributed by atoms with van der Waals surface area (Å²) in [6, 6.07) is 0. The minimum absolute atomic E-state index is 0.534. The Labute approximate surface area is 96.5 Å². The summed E-state index contributed by atoms with van der Waals surface area (Å²) in [6.07, 6.45) is 5.20. The third-order valence-electron chi connectivity index (χ3n) is 2.36. The van der Waals surface area contributed by atoms with Crippen molar-refractivity contribution in [3.05, 3.63) is 10.8 Å². The number of nitrogens with zero attached hydrogens (tertiary/aromatic N) is 2. The first-order valence-corrected chi connectivity index (χ1v) is 5.70. The molecule has 1 fully saturated rings. The number of nitrogens with two attached hydrogens (primary N) is 1. The second kappa shape index (κ2) is 4.76. The van der Waals surface area contributed by atoms with Crippen molar-refractivity contribution >= 4 is 21.7 Å². The number of hydrazine groups is 1. The Morgan fingerprint density at radius 1 is 1.53 bits per heavy atom. The van der Waals surface area contributed by atoms with Crippen molar-refractivity contribution in [3.8, 4) is 5.88 Å². The van der Waals surface area contributed by atoms with E-state index in [1.807, 2.05) is 0 Å². The van der Waals surface area contributed by atoms with Crippen LogP contribution in [0.3, 0.4) is 0 Å². The van der Waals surface area contributed by atoms with E-state index < -0.39 is 0 Å². The number of halogens is 1. The molecule has 0 bridgehead atoms. The summed E-state index contributed by atoms with van der Waals surface area (Å²) >= 11 is 3.33. The lowest BCUT2D eigenvalue weighted by Gasteiger charge is -2.08. The van der Waals surface area contributed by atoms with Gasteiger partial charge >= 0.3 is 0 Å². The van der Waals surface area contributed by atoms with Crippen LogP contribution >= 0.6 is 15.9 Å². The summed E-state index contributed by atoms with van der Waals surface area (Å²) in [5.41, 5.74) is 2.47. The number of rotatable bonds is 5. The van der Waals surface area contributed by atoms with Crippen LogP contribution in [0.5, 0.6) is 5.88 Å². The van der Waals surface area contributed by atoms with Gasteiger partial charge in [0, 0.05) is 0 Å². The zero-order chi connectivity index (χ0) is 10.7. The van der Waals surface area contributed by atoms with E-state index in [1.165, 1.54) is 19.2 Å². The molecule has 0 saturated heterocycles. The highest BCUT2D eigenvalue weighted by Crippen LogP contribution is 2.33. The van der Waals surface area contributed by atoms with Crippen molar-refractivity contribution in [2.24, 2.45) is 11.8 Å². The minimum Gasteiger partial charge on any atom is -0.477 e. The highest BCUT2D eigenvalue weighted by Gasteiger charge is 2.21. The maximum absolute atomic E-state index is 5.54. The third-order valence-corrected chi connectivity index (χ3v) is 3.07. The van der Waals surface area contributed by atoms with Gasteiger partial charge in [0.05, 0.1) is 6.61 Å². The van der Waals surface area contributed by atoms with Gasteiger partial charge < -0.3 is 10.2 Å². The molecule has 1 aromatic heterocycles. The van der Waals surface area contributed by atoms with Crippen LogP contribution in [0.15, 0.2) is 10.8 Å². The number of ether oxygens (including phenoxy) is 1. The predicted molar refractivity (Wildman–Crippen MR) is 60.4 cm³/mol. The molecule has 0 aliphatic heterocycles. The molecule has 1 aliphatic rings. The first-order valence-electron chi connectivity index (χ1n) is 4.91. The molecular weight excluding hydrogens is 260 g/mol. The summed E-state index contributed by atoms with van der Waals surface area (Å²) < 4.78 is 6.21. The first-order chi connectivity index (χ1) is 7.31. The van der Waals surface area contributed by atoms with E-state index in [0.29, 0.717) is 22.8 Å². The fraction of sp³-hybridized carbons (Fsp3) is 0.556. The third kappa shape index (κ3) is 2.79. The van der Waals surface area contributed by atoms with E-state index >= 15 is 0 Å². The average molecular weight is 273 g/mol. The van der Waals surface area contributed by atoms with Crippen molar-refractivity contribution in [1.29, 1.82) is 0 Å². The van der Waals surface area contributed by atoms with Gasteiger partial charge in [0.1, 0.15) is 10.8 Å². The van der Waals surface area contributed by atoms with E-state index in [2.05, 4.69) is 31.3 Å². The molecule has 6 heteroatoms. The van der Waals surface area contributed by atoms with Gasteiger partial charge in [-0.1, -0.05) is 12.8 Å². The van der Waals surface area contributed by atoms with Gasteiger partial charge in [-0.25, -0.2) is 15.8 Å². The van der Waals surface area contributed by atoms with Crippen LogP contribution in [0.4, 0.5) is 5.82 Å². The summed E-state index contributed by atoms with van der Waals surface area (Å²) in [7, 11) is 0. The van der Waals surface area contributed by atoms with Crippen molar-refractivity contribution in [1.82, 2.24) is 9.97 Å². The van der Waals surface area contributed by atoms with E-state index in [9.17, 15) is 0 Å². The summed E-state index contributed by atoms with van der Waals surface area (Å²) in [6.45, 7) is 0.699. The van der Waals surface area contributed by atoms with E-state index in [4.69, 9.17) is 10.6 Å². The average Bonchev–Trinajstić information content (AvgIpc) is 3.04. The number of aromatic nitrogens is 2. The molecule has 0 unspecified atom stereocenters. The van der Waals surface area contributed by atoms with Gasteiger partial charge in [-0.05, 0) is 28.3 Å². The maximum atomic E-state index is 5.54. The van der Waals surface area contributed by atoms with Gasteiger partial charge in [0.25, 0.3) is 0 Å². The standard InChI is InChI=1S/C9H13BrN4O/c10-7-8(14-11)12-5-13-9(7)15-4-3-6-1-2-6/h5-6H,1-4,11H2,(H,12,13,14). The monoisotopic (exact) mass is 272 g/mol. The molecule has 2 rings (SSSR count). The van der Waals surface area contributed by atoms with Crippen LogP contribution in [-0.4, -0.2) is 16.6 Å². The highest BCUT2D eigenvalue weighted by molar-refractivity contribution is 9.10. The second-order valence-corrected chi connectivity index (χ2v) is 4.36. The smallest absolute Gasteiger partial charge is 0.233 e. The molecule has 0 radical (unpaired) electrons. The van der Waals surface area contributed by atoms with Crippen LogP contribution in [0.25, 0.3) is 0 Å². The molecule has 0 amide bonds. The van der Waals surface area contributed by atoms with Gasteiger partial charge in [0.15, 0.2) is 5.82 Å². The minimum atomic E-state index is 0.534. The van der Waals surface area contributed by atoms with Crippen LogP contribution in [0, 0.1) is 5.92 Å². The van der Waals surface area contributed by atoms with Gasteiger partial charge in [-0.2, -0.15) is 0 Å². The van der Waals surface area contributed by atoms with Crippen molar-refractivity contribution in [2.75, 3.05) is 12.0 Å². The molecule has 1 aliphatic carbocycles. The number of hydrogen-bond donors (Lipinski definition) is 2. The molecule has 0 aromatic carbocycles.